The molecular formula is C20H19N3O3. The Morgan fingerprint density at radius 1 is 1.12 bits per heavy atom. The van der Waals surface area contributed by atoms with Crippen molar-refractivity contribution in [3.05, 3.63) is 53.6 Å². The molecule has 6 nitrogen and oxygen atoms in total. The summed E-state index contributed by atoms with van der Waals surface area (Å²) < 4.78 is 5.50. The van der Waals surface area contributed by atoms with Crippen molar-refractivity contribution in [1.82, 2.24) is 4.90 Å². The summed E-state index contributed by atoms with van der Waals surface area (Å²) in [6, 6.07) is 13.9. The molecule has 1 saturated heterocycles. The van der Waals surface area contributed by atoms with E-state index in [1.54, 1.807) is 30.1 Å². The second-order valence-corrected chi connectivity index (χ2v) is 7.00. The highest BCUT2D eigenvalue weighted by Gasteiger charge is 2.46. The number of rotatable bonds is 1. The Bertz CT molecular complexity index is 895. The third-order valence-corrected chi connectivity index (χ3v) is 5.63. The van der Waals surface area contributed by atoms with E-state index in [4.69, 9.17) is 4.74 Å². The summed E-state index contributed by atoms with van der Waals surface area (Å²) >= 11 is 0. The fourth-order valence-electron chi connectivity index (χ4n) is 4.37. The smallest absolute Gasteiger partial charge is 0.322 e. The summed E-state index contributed by atoms with van der Waals surface area (Å²) in [6.45, 7) is 0.0203. The van der Waals surface area contributed by atoms with Crippen molar-refractivity contribution in [2.24, 2.45) is 0 Å². The third kappa shape index (κ3) is 2.11. The first kappa shape index (κ1) is 15.3. The second kappa shape index (κ2) is 5.49. The minimum Gasteiger partial charge on any atom is -0.481 e. The Balaban J connectivity index is 1.38. The summed E-state index contributed by atoms with van der Waals surface area (Å²) in [5, 5.41) is 3.00. The van der Waals surface area contributed by atoms with Crippen molar-refractivity contribution in [3.8, 4) is 5.75 Å². The first-order valence-corrected chi connectivity index (χ1v) is 8.85. The van der Waals surface area contributed by atoms with Gasteiger partial charge in [0.05, 0.1) is 17.8 Å². The van der Waals surface area contributed by atoms with Gasteiger partial charge >= 0.3 is 6.03 Å². The molecule has 2 unspecified atom stereocenters. The zero-order valence-corrected chi connectivity index (χ0v) is 14.4. The topological polar surface area (TPSA) is 61.9 Å². The van der Waals surface area contributed by atoms with Crippen LogP contribution in [-0.4, -0.2) is 30.5 Å². The minimum atomic E-state index is -0.0890. The molecule has 1 fully saturated rings. The van der Waals surface area contributed by atoms with Crippen LogP contribution in [0.3, 0.4) is 0 Å². The van der Waals surface area contributed by atoms with Crippen LogP contribution in [0.4, 0.5) is 16.2 Å². The van der Waals surface area contributed by atoms with Crippen LogP contribution in [0.5, 0.6) is 5.75 Å². The molecule has 3 aliphatic rings. The van der Waals surface area contributed by atoms with Crippen LogP contribution in [0.25, 0.3) is 0 Å². The predicted octanol–water partition coefficient (Wildman–Crippen LogP) is 3.47. The SMILES string of the molecule is CN1C(=O)COc2cc(NC(=O)N3C4CCC3c3ccccc34)ccc21. The van der Waals surface area contributed by atoms with Crippen molar-refractivity contribution in [1.29, 1.82) is 0 Å². The molecule has 26 heavy (non-hydrogen) atoms. The van der Waals surface area contributed by atoms with E-state index >= 15 is 0 Å². The van der Waals surface area contributed by atoms with E-state index < -0.39 is 0 Å². The Morgan fingerprint density at radius 2 is 1.81 bits per heavy atom. The zero-order valence-electron chi connectivity index (χ0n) is 14.4. The van der Waals surface area contributed by atoms with Gasteiger partial charge in [-0.2, -0.15) is 0 Å². The number of fused-ring (bicyclic) bond motifs is 6. The Morgan fingerprint density at radius 3 is 2.50 bits per heavy atom. The molecule has 0 radical (unpaired) electrons. The number of urea groups is 1. The molecule has 2 aromatic carbocycles. The molecule has 0 saturated carbocycles. The summed E-state index contributed by atoms with van der Waals surface area (Å²) in [5.74, 6) is 0.526. The van der Waals surface area contributed by atoms with Crippen LogP contribution < -0.4 is 15.0 Å². The molecule has 132 valence electrons. The molecule has 0 aliphatic carbocycles. The number of carbonyl (C=O) groups is 2. The highest BCUT2D eigenvalue weighted by Crippen LogP contribution is 2.53. The lowest BCUT2D eigenvalue weighted by Gasteiger charge is -2.27. The Kier molecular flexibility index (Phi) is 3.22. The maximum atomic E-state index is 12.9. The molecule has 3 heterocycles. The van der Waals surface area contributed by atoms with Crippen LogP contribution >= 0.6 is 0 Å². The maximum Gasteiger partial charge on any atom is 0.322 e. The van der Waals surface area contributed by atoms with Gasteiger partial charge in [-0.3, -0.25) is 4.79 Å². The number of nitrogens with zero attached hydrogens (tertiary/aromatic N) is 2. The molecule has 0 aromatic heterocycles. The zero-order chi connectivity index (χ0) is 17.8. The van der Waals surface area contributed by atoms with Crippen LogP contribution in [0, 0.1) is 0 Å². The molecule has 3 amide bonds. The molecular weight excluding hydrogens is 330 g/mol. The number of benzene rings is 2. The van der Waals surface area contributed by atoms with Gasteiger partial charge in [-0.15, -0.1) is 0 Å². The van der Waals surface area contributed by atoms with Crippen molar-refractivity contribution < 1.29 is 14.3 Å². The maximum absolute atomic E-state index is 12.9. The van der Waals surface area contributed by atoms with Crippen molar-refractivity contribution >= 4 is 23.3 Å². The van der Waals surface area contributed by atoms with Crippen LogP contribution in [-0.2, 0) is 4.79 Å². The Hall–Kier alpha value is -3.02. The summed E-state index contributed by atoms with van der Waals surface area (Å²) in [5.41, 5.74) is 3.93. The fraction of sp³-hybridized carbons (Fsp3) is 0.300. The number of ether oxygens (including phenoxy) is 1. The van der Waals surface area contributed by atoms with Crippen LogP contribution in [0.2, 0.25) is 0 Å². The van der Waals surface area contributed by atoms with Gasteiger partial charge in [0.25, 0.3) is 5.91 Å². The number of likely N-dealkylation sites (N-methyl/N-ethyl adjacent to an activating group) is 1. The Labute approximate surface area is 151 Å². The number of nitrogens with one attached hydrogen (secondary N) is 1. The monoisotopic (exact) mass is 349 g/mol. The number of hydrogen-bond acceptors (Lipinski definition) is 3. The van der Waals surface area contributed by atoms with Gasteiger partial charge in [-0.05, 0) is 36.1 Å². The van der Waals surface area contributed by atoms with E-state index in [9.17, 15) is 9.59 Å². The largest absolute Gasteiger partial charge is 0.481 e. The molecule has 0 spiro atoms. The fourth-order valence-corrected chi connectivity index (χ4v) is 4.37. The summed E-state index contributed by atoms with van der Waals surface area (Å²) in [7, 11) is 1.72. The van der Waals surface area contributed by atoms with Crippen LogP contribution in [0.15, 0.2) is 42.5 Å². The first-order valence-electron chi connectivity index (χ1n) is 8.85. The van der Waals surface area contributed by atoms with E-state index in [-0.39, 0.29) is 30.6 Å². The minimum absolute atomic E-state index is 0.0203. The van der Waals surface area contributed by atoms with Crippen molar-refractivity contribution in [3.63, 3.8) is 0 Å². The number of carbonyl (C=O) groups excluding carboxylic acids is 2. The van der Waals surface area contributed by atoms with Crippen molar-refractivity contribution in [2.75, 3.05) is 23.9 Å². The molecule has 1 N–H and O–H groups in total. The first-order chi connectivity index (χ1) is 12.6. The van der Waals surface area contributed by atoms with E-state index in [1.807, 2.05) is 17.0 Å². The lowest BCUT2D eigenvalue weighted by molar-refractivity contribution is -0.120. The molecule has 2 atom stereocenters. The molecule has 6 heteroatoms. The lowest BCUT2D eigenvalue weighted by atomic mass is 9.92. The van der Waals surface area contributed by atoms with E-state index in [0.29, 0.717) is 17.1 Å². The van der Waals surface area contributed by atoms with Gasteiger partial charge in [0, 0.05) is 18.8 Å². The van der Waals surface area contributed by atoms with Gasteiger partial charge in [-0.1, -0.05) is 24.3 Å². The number of anilines is 2. The van der Waals surface area contributed by atoms with Gasteiger partial charge < -0.3 is 19.9 Å². The van der Waals surface area contributed by atoms with Crippen LogP contribution in [0.1, 0.15) is 36.1 Å². The third-order valence-electron chi connectivity index (χ3n) is 5.63. The number of hydrogen-bond donors (Lipinski definition) is 1. The molecule has 5 rings (SSSR count). The normalized spacial score (nSPS) is 22.7. The van der Waals surface area contributed by atoms with Crippen molar-refractivity contribution in [2.45, 2.75) is 24.9 Å². The summed E-state index contributed by atoms with van der Waals surface area (Å²) in [4.78, 5) is 28.2. The highest BCUT2D eigenvalue weighted by atomic mass is 16.5. The molecule has 2 aromatic rings. The lowest BCUT2D eigenvalue weighted by Crippen LogP contribution is -2.35. The van der Waals surface area contributed by atoms with Gasteiger partial charge in [0.15, 0.2) is 6.61 Å². The van der Waals surface area contributed by atoms with E-state index in [2.05, 4.69) is 17.4 Å². The van der Waals surface area contributed by atoms with Gasteiger partial charge in [0.2, 0.25) is 0 Å². The van der Waals surface area contributed by atoms with E-state index in [0.717, 1.165) is 12.8 Å². The van der Waals surface area contributed by atoms with Gasteiger partial charge in [0.1, 0.15) is 5.75 Å². The highest BCUT2D eigenvalue weighted by molar-refractivity contribution is 5.98. The average molecular weight is 349 g/mol. The van der Waals surface area contributed by atoms with Gasteiger partial charge in [-0.25, -0.2) is 4.79 Å². The molecule has 3 aliphatic heterocycles. The predicted molar refractivity (Wildman–Crippen MR) is 97.4 cm³/mol. The number of amides is 3. The molecule has 2 bridgehead atoms. The quantitative estimate of drug-likeness (QED) is 0.857. The average Bonchev–Trinajstić information content (AvgIpc) is 3.22. The van der Waals surface area contributed by atoms with E-state index in [1.165, 1.54) is 11.1 Å². The standard InChI is InChI=1S/C20H19N3O3/c1-22-17-7-6-12(10-18(17)26-11-19(22)24)21-20(25)23-15-8-9-16(23)14-5-3-2-4-13(14)15/h2-7,10,15-16H,8-9,11H2,1H3,(H,21,25). The second-order valence-electron chi connectivity index (χ2n) is 7.00. The summed E-state index contributed by atoms with van der Waals surface area (Å²) in [6.07, 6.45) is 2.02.